The number of hydrogen-bond donors (Lipinski definition) is 1. The van der Waals surface area contributed by atoms with Crippen molar-refractivity contribution in [2.45, 2.75) is 19.6 Å². The third-order valence-corrected chi connectivity index (χ3v) is 3.21. The largest absolute Gasteiger partial charge is 0.345 e. The summed E-state index contributed by atoms with van der Waals surface area (Å²) in [4.78, 5) is 0. The highest BCUT2D eigenvalue weighted by atomic mass is 16.7. The Labute approximate surface area is 114 Å². The SMILES string of the molecule is CCOC(CN)(OCC)c1ccc2ccccc2c1. The summed E-state index contributed by atoms with van der Waals surface area (Å²) >= 11 is 0. The van der Waals surface area contributed by atoms with Gasteiger partial charge >= 0.3 is 0 Å². The molecule has 0 radical (unpaired) electrons. The second-order valence-electron chi connectivity index (χ2n) is 4.38. The van der Waals surface area contributed by atoms with Gasteiger partial charge < -0.3 is 15.2 Å². The van der Waals surface area contributed by atoms with E-state index in [4.69, 9.17) is 15.2 Å². The predicted octanol–water partition coefficient (Wildman–Crippen LogP) is 3.02. The normalized spacial score (nSPS) is 11.9. The summed E-state index contributed by atoms with van der Waals surface area (Å²) in [5.41, 5.74) is 6.88. The lowest BCUT2D eigenvalue weighted by molar-refractivity contribution is -0.235. The maximum atomic E-state index is 5.91. The van der Waals surface area contributed by atoms with Gasteiger partial charge in [0.15, 0.2) is 0 Å². The van der Waals surface area contributed by atoms with Gasteiger partial charge in [0.05, 0.1) is 6.54 Å². The molecule has 0 bridgehead atoms. The van der Waals surface area contributed by atoms with Crippen LogP contribution in [0.1, 0.15) is 19.4 Å². The zero-order chi connectivity index (χ0) is 13.7. The Bertz CT molecular complexity index is 533. The molecule has 0 aliphatic heterocycles. The van der Waals surface area contributed by atoms with Crippen LogP contribution in [0.4, 0.5) is 0 Å². The summed E-state index contributed by atoms with van der Waals surface area (Å²) in [6.45, 7) is 5.32. The first-order chi connectivity index (χ1) is 9.25. The quantitative estimate of drug-likeness (QED) is 0.811. The second-order valence-corrected chi connectivity index (χ2v) is 4.38. The van der Waals surface area contributed by atoms with E-state index >= 15 is 0 Å². The minimum absolute atomic E-state index is 0.299. The Hall–Kier alpha value is -1.42. The summed E-state index contributed by atoms with van der Waals surface area (Å²) in [6, 6.07) is 14.4. The molecule has 0 unspecified atom stereocenters. The molecule has 0 spiro atoms. The van der Waals surface area contributed by atoms with E-state index in [1.807, 2.05) is 32.0 Å². The van der Waals surface area contributed by atoms with Gasteiger partial charge in [-0.05, 0) is 30.7 Å². The minimum Gasteiger partial charge on any atom is -0.345 e. The van der Waals surface area contributed by atoms with Crippen molar-refractivity contribution in [1.29, 1.82) is 0 Å². The van der Waals surface area contributed by atoms with Crippen LogP contribution >= 0.6 is 0 Å². The van der Waals surface area contributed by atoms with E-state index < -0.39 is 5.79 Å². The van der Waals surface area contributed by atoms with Crippen LogP contribution in [0.5, 0.6) is 0 Å². The lowest BCUT2D eigenvalue weighted by atomic mass is 10.0. The molecule has 0 fully saturated rings. The van der Waals surface area contributed by atoms with Gasteiger partial charge in [-0.1, -0.05) is 36.4 Å². The highest BCUT2D eigenvalue weighted by Crippen LogP contribution is 2.29. The highest BCUT2D eigenvalue weighted by Gasteiger charge is 2.32. The van der Waals surface area contributed by atoms with Crippen molar-refractivity contribution < 1.29 is 9.47 Å². The van der Waals surface area contributed by atoms with Crippen LogP contribution in [-0.2, 0) is 15.3 Å². The monoisotopic (exact) mass is 259 g/mol. The third-order valence-electron chi connectivity index (χ3n) is 3.21. The average Bonchev–Trinajstić information content (AvgIpc) is 2.46. The smallest absolute Gasteiger partial charge is 0.207 e. The highest BCUT2D eigenvalue weighted by molar-refractivity contribution is 5.83. The number of nitrogens with two attached hydrogens (primary N) is 1. The summed E-state index contributed by atoms with van der Waals surface area (Å²) < 4.78 is 11.6. The Balaban J connectivity index is 2.48. The van der Waals surface area contributed by atoms with Crippen LogP contribution in [0, 0.1) is 0 Å². The van der Waals surface area contributed by atoms with Crippen LogP contribution in [0.25, 0.3) is 10.8 Å². The number of rotatable bonds is 6. The van der Waals surface area contributed by atoms with Gasteiger partial charge in [-0.2, -0.15) is 0 Å². The van der Waals surface area contributed by atoms with Gasteiger partial charge in [0.2, 0.25) is 5.79 Å². The minimum atomic E-state index is -0.840. The van der Waals surface area contributed by atoms with E-state index in [9.17, 15) is 0 Å². The van der Waals surface area contributed by atoms with Crippen LogP contribution in [0.2, 0.25) is 0 Å². The topological polar surface area (TPSA) is 44.5 Å². The Morgan fingerprint density at radius 2 is 1.58 bits per heavy atom. The van der Waals surface area contributed by atoms with Crippen molar-refractivity contribution in [3.8, 4) is 0 Å². The molecule has 0 saturated heterocycles. The van der Waals surface area contributed by atoms with Gasteiger partial charge in [-0.25, -0.2) is 0 Å². The number of hydrogen-bond acceptors (Lipinski definition) is 3. The molecule has 0 aliphatic carbocycles. The molecule has 19 heavy (non-hydrogen) atoms. The maximum Gasteiger partial charge on any atom is 0.207 e. The molecule has 0 heterocycles. The van der Waals surface area contributed by atoms with Crippen molar-refractivity contribution in [2.24, 2.45) is 5.73 Å². The van der Waals surface area contributed by atoms with Crippen LogP contribution in [-0.4, -0.2) is 19.8 Å². The Morgan fingerprint density at radius 1 is 0.947 bits per heavy atom. The predicted molar refractivity (Wildman–Crippen MR) is 77.9 cm³/mol. The van der Waals surface area contributed by atoms with Gasteiger partial charge in [-0.3, -0.25) is 0 Å². The van der Waals surface area contributed by atoms with E-state index in [0.717, 1.165) is 10.9 Å². The van der Waals surface area contributed by atoms with E-state index in [1.54, 1.807) is 0 Å². The molecule has 2 rings (SSSR count). The number of fused-ring (bicyclic) bond motifs is 1. The van der Waals surface area contributed by atoms with E-state index in [1.165, 1.54) is 5.39 Å². The van der Waals surface area contributed by atoms with Crippen molar-refractivity contribution in [2.75, 3.05) is 19.8 Å². The first kappa shape index (κ1) is 14.0. The van der Waals surface area contributed by atoms with Gasteiger partial charge in [0.25, 0.3) is 0 Å². The van der Waals surface area contributed by atoms with Gasteiger partial charge in [0.1, 0.15) is 0 Å². The lowest BCUT2D eigenvalue weighted by Gasteiger charge is -2.32. The fourth-order valence-corrected chi connectivity index (χ4v) is 2.34. The molecule has 2 aromatic rings. The van der Waals surface area contributed by atoms with Crippen LogP contribution in [0.15, 0.2) is 42.5 Å². The summed E-state index contributed by atoms with van der Waals surface area (Å²) in [6.07, 6.45) is 0. The molecule has 2 N–H and O–H groups in total. The second kappa shape index (κ2) is 6.15. The maximum absolute atomic E-state index is 5.91. The van der Waals surface area contributed by atoms with Crippen molar-refractivity contribution in [3.63, 3.8) is 0 Å². The molecule has 3 nitrogen and oxygen atoms in total. The molecule has 3 heteroatoms. The molecule has 2 aromatic carbocycles. The lowest BCUT2D eigenvalue weighted by Crippen LogP contribution is -2.41. The first-order valence-electron chi connectivity index (χ1n) is 6.73. The van der Waals surface area contributed by atoms with Gasteiger partial charge in [-0.15, -0.1) is 0 Å². The average molecular weight is 259 g/mol. The summed E-state index contributed by atoms with van der Waals surface area (Å²) in [7, 11) is 0. The molecule has 102 valence electrons. The molecular formula is C16H21NO2. The summed E-state index contributed by atoms with van der Waals surface area (Å²) in [5.74, 6) is -0.840. The Kier molecular flexibility index (Phi) is 4.53. The van der Waals surface area contributed by atoms with Gasteiger partial charge in [0, 0.05) is 18.8 Å². The standard InChI is InChI=1S/C16H21NO2/c1-3-18-16(12-17,19-4-2)15-10-9-13-7-5-6-8-14(13)11-15/h5-11H,3-4,12,17H2,1-2H3. The van der Waals surface area contributed by atoms with Crippen LogP contribution < -0.4 is 5.73 Å². The number of ether oxygens (including phenoxy) is 2. The van der Waals surface area contributed by atoms with E-state index in [2.05, 4.69) is 24.3 Å². The van der Waals surface area contributed by atoms with Crippen molar-refractivity contribution >= 4 is 10.8 Å². The molecule has 0 aromatic heterocycles. The fourth-order valence-electron chi connectivity index (χ4n) is 2.34. The molecular weight excluding hydrogens is 238 g/mol. The first-order valence-corrected chi connectivity index (χ1v) is 6.73. The molecule has 0 aliphatic rings. The molecule has 0 saturated carbocycles. The molecule has 0 amide bonds. The van der Waals surface area contributed by atoms with Crippen molar-refractivity contribution in [1.82, 2.24) is 0 Å². The Morgan fingerprint density at radius 3 is 2.16 bits per heavy atom. The van der Waals surface area contributed by atoms with Crippen molar-refractivity contribution in [3.05, 3.63) is 48.0 Å². The number of benzene rings is 2. The summed E-state index contributed by atoms with van der Waals surface area (Å²) in [5, 5.41) is 2.36. The zero-order valence-electron chi connectivity index (χ0n) is 11.6. The fraction of sp³-hybridized carbons (Fsp3) is 0.375. The van der Waals surface area contributed by atoms with E-state index in [-0.39, 0.29) is 0 Å². The van der Waals surface area contributed by atoms with E-state index in [0.29, 0.717) is 19.8 Å². The third kappa shape index (κ3) is 2.78. The zero-order valence-corrected chi connectivity index (χ0v) is 11.6. The van der Waals surface area contributed by atoms with Crippen LogP contribution in [0.3, 0.4) is 0 Å². The molecule has 0 atom stereocenters.